The Labute approximate surface area is 318 Å². The Kier molecular flexibility index (Phi) is 5.74. The summed E-state index contributed by atoms with van der Waals surface area (Å²) in [6, 6.07) is 61.4. The summed E-state index contributed by atoms with van der Waals surface area (Å²) in [5.74, 6) is 0.681. The van der Waals surface area contributed by atoms with Crippen LogP contribution in [0, 0.1) is 0 Å². The van der Waals surface area contributed by atoms with E-state index in [0.717, 1.165) is 32.5 Å². The second-order valence-electron chi connectivity index (χ2n) is 14.5. The number of aromatic nitrogens is 4. The third kappa shape index (κ3) is 3.89. The summed E-state index contributed by atoms with van der Waals surface area (Å²) in [7, 11) is 0. The minimum Gasteiger partial charge on any atom is -0.307 e. The van der Waals surface area contributed by atoms with Crippen LogP contribution in [0.4, 0.5) is 0 Å². The van der Waals surface area contributed by atoms with E-state index in [2.05, 4.69) is 179 Å². The van der Waals surface area contributed by atoms with E-state index in [1.54, 1.807) is 11.3 Å². The van der Waals surface area contributed by atoms with Crippen LogP contribution < -0.4 is 0 Å². The van der Waals surface area contributed by atoms with Crippen molar-refractivity contribution in [2.75, 3.05) is 0 Å². The van der Waals surface area contributed by atoms with Crippen molar-refractivity contribution in [3.8, 4) is 28.3 Å². The molecule has 0 amide bonds. The Bertz CT molecular complexity index is 3700. The minimum absolute atomic E-state index is 0.681. The first kappa shape index (κ1) is 29.4. The van der Waals surface area contributed by atoms with E-state index in [4.69, 9.17) is 9.97 Å². The smallest absolute Gasteiger partial charge is 0.236 e. The molecule has 0 spiro atoms. The van der Waals surface area contributed by atoms with Gasteiger partial charge in [-0.2, -0.15) is 0 Å². The van der Waals surface area contributed by atoms with Gasteiger partial charge in [-0.15, -0.1) is 11.3 Å². The zero-order valence-corrected chi connectivity index (χ0v) is 30.2. The summed E-state index contributed by atoms with van der Waals surface area (Å²) in [4.78, 5) is 12.1. The molecule has 0 saturated heterocycles. The van der Waals surface area contributed by atoms with Gasteiger partial charge in [0.15, 0.2) is 0 Å². The van der Waals surface area contributed by atoms with Gasteiger partial charge >= 0.3 is 0 Å². The van der Waals surface area contributed by atoms with Gasteiger partial charge in [0.1, 0.15) is 4.83 Å². The molecule has 0 bridgehead atoms. The van der Waals surface area contributed by atoms with E-state index in [0.29, 0.717) is 5.95 Å². The van der Waals surface area contributed by atoms with Crippen LogP contribution in [0.2, 0.25) is 0 Å². The number of hydrogen-bond donors (Lipinski definition) is 0. The highest BCUT2D eigenvalue weighted by molar-refractivity contribution is 7.25. The average molecular weight is 717 g/mol. The van der Waals surface area contributed by atoms with Gasteiger partial charge < -0.3 is 4.40 Å². The number of fused-ring (bicyclic) bond motifs is 15. The molecular weight excluding hydrogens is 689 g/mol. The minimum atomic E-state index is 0.681. The van der Waals surface area contributed by atoms with Crippen molar-refractivity contribution < 1.29 is 0 Å². The Morgan fingerprint density at radius 1 is 0.400 bits per heavy atom. The van der Waals surface area contributed by atoms with Crippen LogP contribution in [0.5, 0.6) is 0 Å². The van der Waals surface area contributed by atoms with E-state index < -0.39 is 0 Å². The monoisotopic (exact) mass is 716 g/mol. The fourth-order valence-electron chi connectivity index (χ4n) is 9.34. The van der Waals surface area contributed by atoms with Crippen LogP contribution in [-0.2, 0) is 0 Å². The summed E-state index contributed by atoms with van der Waals surface area (Å²) in [6.07, 6.45) is 0. The number of thiophene rings is 1. The lowest BCUT2D eigenvalue weighted by atomic mass is 10.0. The molecule has 5 heterocycles. The standard InChI is InChI=1S/C50H28N4S/c1-2-12-29(13-3-1)30-22-24-32(25-23-30)45-43-37-18-8-11-21-42(37)55-49(43)52-50(51-45)54-40-19-9-6-16-34(40)38-28-39-35-27-26-31-14-4-5-15-33(31)46(35)53-41-20-10-7-17-36(41)44(47(39)53)48(38)54/h1-28H. The summed E-state index contributed by atoms with van der Waals surface area (Å²) in [5, 5.41) is 12.2. The fourth-order valence-corrected chi connectivity index (χ4v) is 10.4. The zero-order valence-electron chi connectivity index (χ0n) is 29.4. The summed E-state index contributed by atoms with van der Waals surface area (Å²) in [6.45, 7) is 0. The maximum absolute atomic E-state index is 5.60. The largest absolute Gasteiger partial charge is 0.307 e. The number of benzene rings is 8. The van der Waals surface area contributed by atoms with Gasteiger partial charge in [-0.3, -0.25) is 4.57 Å². The third-order valence-electron chi connectivity index (χ3n) is 11.7. The molecule has 0 unspecified atom stereocenters. The van der Waals surface area contributed by atoms with Crippen LogP contribution in [0.25, 0.3) is 119 Å². The molecule has 0 aliphatic carbocycles. The normalized spacial score (nSPS) is 12.4. The van der Waals surface area contributed by atoms with E-state index in [-0.39, 0.29) is 0 Å². The van der Waals surface area contributed by atoms with Crippen molar-refractivity contribution in [2.24, 2.45) is 0 Å². The molecule has 0 saturated carbocycles. The van der Waals surface area contributed by atoms with Gasteiger partial charge in [-0.05, 0) is 40.8 Å². The van der Waals surface area contributed by atoms with Crippen molar-refractivity contribution in [3.63, 3.8) is 0 Å². The number of hydrogen-bond acceptors (Lipinski definition) is 3. The first-order valence-corrected chi connectivity index (χ1v) is 19.5. The quantitative estimate of drug-likeness (QED) is 0.182. The second-order valence-corrected chi connectivity index (χ2v) is 15.6. The molecule has 0 atom stereocenters. The Morgan fingerprint density at radius 3 is 1.91 bits per heavy atom. The molecule has 13 aromatic rings. The lowest BCUT2D eigenvalue weighted by Crippen LogP contribution is -2.03. The van der Waals surface area contributed by atoms with Crippen LogP contribution in [0.3, 0.4) is 0 Å². The molecule has 13 rings (SSSR count). The molecule has 0 fully saturated rings. The van der Waals surface area contributed by atoms with E-state index in [9.17, 15) is 0 Å². The number of para-hydroxylation sites is 2. The molecular formula is C50H28N4S. The lowest BCUT2D eigenvalue weighted by molar-refractivity contribution is 1.02. The van der Waals surface area contributed by atoms with Crippen molar-refractivity contribution in [1.82, 2.24) is 18.9 Å². The number of nitrogens with zero attached hydrogens (tertiary/aromatic N) is 4. The molecule has 0 N–H and O–H groups in total. The summed E-state index contributed by atoms with van der Waals surface area (Å²) >= 11 is 1.74. The lowest BCUT2D eigenvalue weighted by Gasteiger charge is -2.11. The molecule has 8 aromatic carbocycles. The highest BCUT2D eigenvalue weighted by Gasteiger charge is 2.26. The maximum atomic E-state index is 5.60. The predicted molar refractivity (Wildman–Crippen MR) is 232 cm³/mol. The highest BCUT2D eigenvalue weighted by atomic mass is 32.1. The van der Waals surface area contributed by atoms with Crippen LogP contribution >= 0.6 is 11.3 Å². The molecule has 5 heteroatoms. The Balaban J connectivity index is 1.19. The molecule has 0 aliphatic rings. The first-order valence-electron chi connectivity index (χ1n) is 18.7. The van der Waals surface area contributed by atoms with E-state index in [1.165, 1.54) is 80.9 Å². The zero-order chi connectivity index (χ0) is 35.8. The molecule has 0 radical (unpaired) electrons. The van der Waals surface area contributed by atoms with Crippen molar-refractivity contribution >= 4 is 102 Å². The van der Waals surface area contributed by atoms with Gasteiger partial charge in [0, 0.05) is 58.7 Å². The fraction of sp³-hybridized carbons (Fsp3) is 0. The average Bonchev–Trinajstić information content (AvgIpc) is 3.99. The summed E-state index contributed by atoms with van der Waals surface area (Å²) in [5.41, 5.74) is 10.3. The van der Waals surface area contributed by atoms with Crippen molar-refractivity contribution in [3.05, 3.63) is 170 Å². The molecule has 5 aromatic heterocycles. The molecule has 254 valence electrons. The first-order chi connectivity index (χ1) is 27.3. The van der Waals surface area contributed by atoms with E-state index in [1.807, 2.05) is 0 Å². The second kappa shape index (κ2) is 10.8. The Hall–Kier alpha value is -7.08. The van der Waals surface area contributed by atoms with Crippen molar-refractivity contribution in [1.29, 1.82) is 0 Å². The molecule has 0 aliphatic heterocycles. The molecule has 55 heavy (non-hydrogen) atoms. The Morgan fingerprint density at radius 2 is 1.05 bits per heavy atom. The van der Waals surface area contributed by atoms with Crippen LogP contribution in [-0.4, -0.2) is 18.9 Å². The maximum Gasteiger partial charge on any atom is 0.236 e. The van der Waals surface area contributed by atoms with Crippen LogP contribution in [0.15, 0.2) is 170 Å². The molecule has 4 nitrogen and oxygen atoms in total. The van der Waals surface area contributed by atoms with Gasteiger partial charge in [-0.1, -0.05) is 146 Å². The van der Waals surface area contributed by atoms with Crippen molar-refractivity contribution in [2.45, 2.75) is 0 Å². The van der Waals surface area contributed by atoms with Gasteiger partial charge in [-0.25, -0.2) is 9.97 Å². The highest BCUT2D eigenvalue weighted by Crippen LogP contribution is 2.48. The summed E-state index contributed by atoms with van der Waals surface area (Å²) < 4.78 is 6.06. The van der Waals surface area contributed by atoms with Gasteiger partial charge in [0.2, 0.25) is 5.95 Å². The van der Waals surface area contributed by atoms with Gasteiger partial charge in [0.05, 0.1) is 33.3 Å². The predicted octanol–water partition coefficient (Wildman–Crippen LogP) is 13.6. The third-order valence-corrected chi connectivity index (χ3v) is 12.7. The van der Waals surface area contributed by atoms with Gasteiger partial charge in [0.25, 0.3) is 0 Å². The van der Waals surface area contributed by atoms with Crippen LogP contribution in [0.1, 0.15) is 0 Å². The number of rotatable bonds is 3. The SMILES string of the molecule is c1ccc(-c2ccc(-c3nc(-n4c5ccccc5c5cc6c7ccc8ccccc8c7n7c8ccccc8c(c54)c67)nc4sc5ccccc5c34)cc2)cc1. The topological polar surface area (TPSA) is 35.1 Å². The van der Waals surface area contributed by atoms with E-state index >= 15 is 0 Å².